The summed E-state index contributed by atoms with van der Waals surface area (Å²) in [5.74, 6) is -0.183. The molecule has 39 heavy (non-hydrogen) atoms. The first kappa shape index (κ1) is 25.1. The van der Waals surface area contributed by atoms with Crippen molar-refractivity contribution in [2.75, 3.05) is 12.3 Å². The topological polar surface area (TPSA) is 140 Å². The van der Waals surface area contributed by atoms with Crippen LogP contribution in [0.15, 0.2) is 97.3 Å². The highest BCUT2D eigenvalue weighted by molar-refractivity contribution is 5.81. The molecule has 0 aliphatic carbocycles. The van der Waals surface area contributed by atoms with Gasteiger partial charge < -0.3 is 25.8 Å². The van der Waals surface area contributed by atoms with E-state index in [-0.39, 0.29) is 17.0 Å². The van der Waals surface area contributed by atoms with E-state index in [1.165, 1.54) is 10.9 Å². The van der Waals surface area contributed by atoms with E-state index >= 15 is 0 Å². The van der Waals surface area contributed by atoms with Crippen LogP contribution in [-0.4, -0.2) is 59.3 Å². The van der Waals surface area contributed by atoms with Gasteiger partial charge in [-0.3, -0.25) is 4.57 Å². The average molecular weight is 528 g/mol. The van der Waals surface area contributed by atoms with Crippen LogP contribution in [0, 0.1) is 6.08 Å². The third-order valence-electron chi connectivity index (χ3n) is 7.56. The molecular weight excluding hydrogens is 501 g/mol. The van der Waals surface area contributed by atoms with E-state index in [0.717, 1.165) is 0 Å². The van der Waals surface area contributed by atoms with E-state index in [1.54, 1.807) is 0 Å². The molecule has 3 heterocycles. The first-order chi connectivity index (χ1) is 18.9. The predicted octanol–water partition coefficient (Wildman–Crippen LogP) is 2.56. The van der Waals surface area contributed by atoms with Crippen LogP contribution in [0.4, 0.5) is 10.2 Å². The van der Waals surface area contributed by atoms with Gasteiger partial charge in [-0.25, -0.2) is 4.98 Å². The second kappa shape index (κ2) is 9.51. The Morgan fingerprint density at radius 2 is 1.41 bits per heavy atom. The lowest BCUT2D eigenvalue weighted by Crippen LogP contribution is -2.62. The summed E-state index contributed by atoms with van der Waals surface area (Å²) in [5.41, 5.74) is 4.29. The molecule has 5 N–H and O–H groups in total. The molecule has 0 bridgehead atoms. The quantitative estimate of drug-likeness (QED) is 0.195. The van der Waals surface area contributed by atoms with Crippen molar-refractivity contribution in [2.45, 2.75) is 29.5 Å². The number of aliphatic hydroxyl groups excluding tert-OH is 2. The molecule has 4 atom stereocenters. The van der Waals surface area contributed by atoms with E-state index < -0.39 is 42.1 Å². The van der Waals surface area contributed by atoms with Crippen LogP contribution in [0.25, 0.3) is 11.2 Å². The minimum Gasteiger partial charge on any atom is -0.394 e. The summed E-state index contributed by atoms with van der Waals surface area (Å²) in [6.45, 7) is -0.591. The number of halogens is 1. The normalized spacial score (nSPS) is 23.3. The van der Waals surface area contributed by atoms with E-state index in [9.17, 15) is 19.7 Å². The van der Waals surface area contributed by atoms with Crippen LogP contribution < -0.4 is 5.73 Å². The van der Waals surface area contributed by atoms with E-state index in [2.05, 4.69) is 15.0 Å². The van der Waals surface area contributed by atoms with Gasteiger partial charge in [0.15, 0.2) is 28.8 Å². The number of rotatable bonds is 6. The number of aromatic nitrogens is 4. The smallest absolute Gasteiger partial charge is 0.312 e. The molecule has 1 aliphatic rings. The minimum atomic E-state index is -2.20. The molecule has 0 amide bonds. The lowest BCUT2D eigenvalue weighted by molar-refractivity contribution is -0.136. The zero-order valence-electron chi connectivity index (χ0n) is 20.7. The summed E-state index contributed by atoms with van der Waals surface area (Å²) in [7, 11) is 0. The van der Waals surface area contributed by atoms with Gasteiger partial charge in [0.1, 0.15) is 12.2 Å². The third kappa shape index (κ3) is 3.57. The summed E-state index contributed by atoms with van der Waals surface area (Å²) in [6, 6.07) is 27.8. The number of benzene rings is 3. The zero-order valence-corrected chi connectivity index (χ0v) is 20.7. The molecule has 198 valence electrons. The Hall–Kier alpha value is -4.22. The summed E-state index contributed by atoms with van der Waals surface area (Å²) < 4.78 is 21.9. The number of nitrogen functional groups attached to an aromatic ring is 1. The molecule has 2 aromatic heterocycles. The van der Waals surface area contributed by atoms with Gasteiger partial charge in [-0.05, 0) is 16.7 Å². The monoisotopic (exact) mass is 527 g/mol. The minimum absolute atomic E-state index is 0.0303. The van der Waals surface area contributed by atoms with Gasteiger partial charge >= 0.3 is 6.08 Å². The fourth-order valence-corrected chi connectivity index (χ4v) is 5.94. The molecule has 1 fully saturated rings. The molecule has 0 unspecified atom stereocenters. The number of nitrogens with zero attached hydrogens (tertiary/aromatic N) is 4. The Bertz CT molecular complexity index is 1510. The summed E-state index contributed by atoms with van der Waals surface area (Å²) >= 11 is 0. The van der Waals surface area contributed by atoms with Gasteiger partial charge in [-0.1, -0.05) is 91.0 Å². The summed E-state index contributed by atoms with van der Waals surface area (Å²) in [4.78, 5) is 11.7. The van der Waals surface area contributed by atoms with E-state index in [0.29, 0.717) is 16.7 Å². The summed E-state index contributed by atoms with van der Waals surface area (Å²) in [5, 5.41) is 35.3. The van der Waals surface area contributed by atoms with Crippen LogP contribution in [0.2, 0.25) is 0 Å². The fourth-order valence-electron chi connectivity index (χ4n) is 5.94. The highest BCUT2D eigenvalue weighted by Gasteiger charge is 2.68. The van der Waals surface area contributed by atoms with E-state index in [1.807, 2.05) is 91.0 Å². The van der Waals surface area contributed by atoms with Crippen LogP contribution in [0.1, 0.15) is 22.9 Å². The number of imidazole rings is 1. The van der Waals surface area contributed by atoms with Gasteiger partial charge in [0.2, 0.25) is 0 Å². The predicted molar refractivity (Wildman–Crippen MR) is 141 cm³/mol. The number of ether oxygens (including phenoxy) is 1. The van der Waals surface area contributed by atoms with Crippen molar-refractivity contribution in [3.63, 3.8) is 0 Å². The Morgan fingerprint density at radius 3 is 1.90 bits per heavy atom. The standard InChI is InChI=1S/C29H26FN5O4/c30-27-33-24(31)22-25(34-27)35(17-32-22)26-29(38,23(37)21(16-36)39-26)28(18-10-4-1-5-11-18,19-12-6-2-7-13-19)20-14-8-3-9-15-20/h1-15,17,21,23,26,36-38H,16H2,(H2,31,33,34)/t21-,23-,26-,29-/m1/s1. The lowest BCUT2D eigenvalue weighted by Gasteiger charge is -2.50. The van der Waals surface area contributed by atoms with Crippen molar-refractivity contribution in [3.8, 4) is 0 Å². The van der Waals surface area contributed by atoms with Crippen molar-refractivity contribution in [3.05, 3.63) is 120 Å². The Balaban J connectivity index is 1.74. The van der Waals surface area contributed by atoms with Gasteiger partial charge in [0, 0.05) is 0 Å². The molecule has 5 aromatic rings. The number of fused-ring (bicyclic) bond motifs is 1. The largest absolute Gasteiger partial charge is 0.394 e. The SMILES string of the molecule is Nc1nc(F)nc2c1ncn2[C@@H]1O[C@H](CO)[C@@H](O)[C@]1(O)C(c1ccccc1)(c1ccccc1)c1ccccc1. The third-order valence-corrected chi connectivity index (χ3v) is 7.56. The molecule has 1 saturated heterocycles. The molecular formula is C29H26FN5O4. The number of nitrogens with two attached hydrogens (primary N) is 1. The number of anilines is 1. The maximum Gasteiger partial charge on any atom is 0.312 e. The Kier molecular flexibility index (Phi) is 6.12. The van der Waals surface area contributed by atoms with Crippen LogP contribution in [0.3, 0.4) is 0 Å². The summed E-state index contributed by atoms with van der Waals surface area (Å²) in [6.07, 6.45) is -3.98. The van der Waals surface area contributed by atoms with Crippen molar-refractivity contribution in [1.29, 1.82) is 0 Å². The first-order valence-electron chi connectivity index (χ1n) is 12.4. The fraction of sp³-hybridized carbons (Fsp3) is 0.207. The van der Waals surface area contributed by atoms with Crippen molar-refractivity contribution < 1.29 is 24.4 Å². The molecule has 0 saturated carbocycles. The first-order valence-corrected chi connectivity index (χ1v) is 12.4. The van der Waals surface area contributed by atoms with Gasteiger partial charge in [0.25, 0.3) is 0 Å². The molecule has 9 nitrogen and oxygen atoms in total. The second-order valence-corrected chi connectivity index (χ2v) is 9.53. The maximum atomic E-state index is 14.3. The van der Waals surface area contributed by atoms with Crippen molar-refractivity contribution >= 4 is 17.0 Å². The van der Waals surface area contributed by atoms with Crippen molar-refractivity contribution in [1.82, 2.24) is 19.5 Å². The molecule has 10 heteroatoms. The molecule has 6 rings (SSSR count). The van der Waals surface area contributed by atoms with Gasteiger partial charge in [-0.2, -0.15) is 14.4 Å². The number of aliphatic hydroxyl groups is 3. The van der Waals surface area contributed by atoms with Gasteiger partial charge in [-0.15, -0.1) is 0 Å². The van der Waals surface area contributed by atoms with Crippen LogP contribution in [-0.2, 0) is 10.2 Å². The van der Waals surface area contributed by atoms with Crippen LogP contribution >= 0.6 is 0 Å². The Morgan fingerprint density at radius 1 is 0.897 bits per heavy atom. The number of hydrogen-bond acceptors (Lipinski definition) is 8. The molecule has 0 radical (unpaired) electrons. The highest BCUT2D eigenvalue weighted by Crippen LogP contribution is 2.57. The second-order valence-electron chi connectivity index (χ2n) is 9.53. The average Bonchev–Trinajstić information content (AvgIpc) is 3.49. The highest BCUT2D eigenvalue weighted by atomic mass is 19.1. The zero-order chi connectivity index (χ0) is 27.2. The van der Waals surface area contributed by atoms with Crippen molar-refractivity contribution in [2.24, 2.45) is 0 Å². The van der Waals surface area contributed by atoms with Gasteiger partial charge in [0.05, 0.1) is 18.3 Å². The molecule has 0 spiro atoms. The lowest BCUT2D eigenvalue weighted by atomic mass is 9.57. The number of hydrogen-bond donors (Lipinski definition) is 4. The maximum absolute atomic E-state index is 14.3. The Labute approximate surface area is 223 Å². The van der Waals surface area contributed by atoms with Crippen LogP contribution in [0.5, 0.6) is 0 Å². The molecule has 3 aromatic carbocycles. The molecule has 1 aliphatic heterocycles. The van der Waals surface area contributed by atoms with E-state index in [4.69, 9.17) is 10.5 Å².